The third-order valence-electron chi connectivity index (χ3n) is 9.25. The number of hydrogen-bond donors (Lipinski definition) is 5. The second kappa shape index (κ2) is 16.5. The Bertz CT molecular complexity index is 1480. The summed E-state index contributed by atoms with van der Waals surface area (Å²) in [4.78, 5) is 81.0. The number of unbranched alkanes of at least 4 members (excludes halogenated alkanes) is 2. The lowest BCUT2D eigenvalue weighted by atomic mass is 9.94. The van der Waals surface area contributed by atoms with Gasteiger partial charge in [-0.2, -0.15) is 0 Å². The molecule has 258 valence electrons. The van der Waals surface area contributed by atoms with E-state index < -0.39 is 53.4 Å². The molecule has 5 atom stereocenters. The number of rotatable bonds is 12. The van der Waals surface area contributed by atoms with Gasteiger partial charge >= 0.3 is 0 Å². The fraction of sp³-hybridized carbons (Fsp3) is 0.500. The Morgan fingerprint density at radius 2 is 1.67 bits per heavy atom. The first-order valence-corrected chi connectivity index (χ1v) is 16.8. The first kappa shape index (κ1) is 36.3. The Morgan fingerprint density at radius 3 is 2.33 bits per heavy atom. The summed E-state index contributed by atoms with van der Waals surface area (Å²) in [5.41, 5.74) is 0.425. The fourth-order valence-electron chi connectivity index (χ4n) is 6.01. The summed E-state index contributed by atoms with van der Waals surface area (Å²) in [5.74, 6) is -2.37. The number of hydrogen-bond acceptors (Lipinski definition) is 7. The zero-order chi connectivity index (χ0) is 34.8. The highest BCUT2D eigenvalue weighted by molar-refractivity contribution is 6.04. The number of fused-ring (bicyclic) bond motifs is 1. The van der Waals surface area contributed by atoms with Crippen LogP contribution in [0.1, 0.15) is 88.1 Å². The minimum absolute atomic E-state index is 0.115. The molecule has 0 unspecified atom stereocenters. The van der Waals surface area contributed by atoms with E-state index >= 15 is 0 Å². The number of aliphatic hydroxyl groups is 1. The predicted molar refractivity (Wildman–Crippen MR) is 180 cm³/mol. The van der Waals surface area contributed by atoms with Crippen LogP contribution in [0.4, 0.5) is 5.69 Å². The minimum Gasteiger partial charge on any atom is -0.386 e. The van der Waals surface area contributed by atoms with Crippen LogP contribution in [0.2, 0.25) is 0 Å². The van der Waals surface area contributed by atoms with Crippen LogP contribution in [-0.2, 0) is 30.4 Å². The van der Waals surface area contributed by atoms with Crippen LogP contribution in [0.3, 0.4) is 0 Å². The average molecular weight is 662 g/mol. The van der Waals surface area contributed by atoms with Crippen molar-refractivity contribution in [2.45, 2.75) is 108 Å². The fourth-order valence-corrected chi connectivity index (χ4v) is 6.01. The molecule has 12 heteroatoms. The number of benzene rings is 2. The van der Waals surface area contributed by atoms with Crippen molar-refractivity contribution in [2.24, 2.45) is 0 Å². The number of carbonyl (C=O) groups excluding carboxylic acids is 6. The third kappa shape index (κ3) is 9.27. The van der Waals surface area contributed by atoms with Crippen LogP contribution in [0.15, 0.2) is 54.6 Å². The number of nitrogens with one attached hydrogen (secondary N) is 4. The Morgan fingerprint density at radius 1 is 0.958 bits per heavy atom. The van der Waals surface area contributed by atoms with Crippen LogP contribution >= 0.6 is 0 Å². The minimum atomic E-state index is -1.37. The SMILES string of the molecule is CC[C@]1(C)NC(=O)[C@H](CCCCCC(=O)[C@@H](C)O)NC(=O)[C@H]2CCCN2C(=O)[C@H](Cc2ccc(C(=O)Nc3ccccc3)cc2)NC1=O. The lowest BCUT2D eigenvalue weighted by Crippen LogP contribution is -2.65. The highest BCUT2D eigenvalue weighted by atomic mass is 16.3. The molecule has 0 spiro atoms. The number of nitrogens with zero attached hydrogens (tertiary/aromatic N) is 1. The van der Waals surface area contributed by atoms with Crippen molar-refractivity contribution in [2.75, 3.05) is 11.9 Å². The predicted octanol–water partition coefficient (Wildman–Crippen LogP) is 2.64. The quantitative estimate of drug-likeness (QED) is 0.218. The lowest BCUT2D eigenvalue weighted by Gasteiger charge is -2.36. The van der Waals surface area contributed by atoms with Crippen molar-refractivity contribution in [3.8, 4) is 0 Å². The molecule has 2 saturated heterocycles. The molecule has 0 aromatic heterocycles. The van der Waals surface area contributed by atoms with Crippen LogP contribution in [-0.4, -0.2) is 81.6 Å². The highest BCUT2D eigenvalue weighted by Gasteiger charge is 2.43. The molecule has 12 nitrogen and oxygen atoms in total. The van der Waals surface area contributed by atoms with Gasteiger partial charge in [-0.05, 0) is 75.8 Å². The number of anilines is 1. The molecule has 2 aromatic carbocycles. The van der Waals surface area contributed by atoms with Gasteiger partial charge in [-0.1, -0.05) is 50.1 Å². The maximum atomic E-state index is 14.0. The molecule has 5 amide bonds. The van der Waals surface area contributed by atoms with Crippen molar-refractivity contribution < 1.29 is 33.9 Å². The van der Waals surface area contributed by atoms with Crippen molar-refractivity contribution in [3.05, 3.63) is 65.7 Å². The van der Waals surface area contributed by atoms with Crippen molar-refractivity contribution in [1.82, 2.24) is 20.9 Å². The number of ketones is 1. The van der Waals surface area contributed by atoms with Crippen LogP contribution < -0.4 is 21.3 Å². The second-order valence-corrected chi connectivity index (χ2v) is 12.9. The van der Waals surface area contributed by atoms with Gasteiger partial charge in [-0.15, -0.1) is 0 Å². The maximum absolute atomic E-state index is 14.0. The van der Waals surface area contributed by atoms with E-state index in [0.717, 1.165) is 0 Å². The zero-order valence-electron chi connectivity index (χ0n) is 27.9. The summed E-state index contributed by atoms with van der Waals surface area (Å²) in [5, 5.41) is 20.8. The molecule has 0 bridgehead atoms. The van der Waals surface area contributed by atoms with Crippen LogP contribution in [0.25, 0.3) is 0 Å². The summed E-state index contributed by atoms with van der Waals surface area (Å²) in [7, 11) is 0. The first-order valence-electron chi connectivity index (χ1n) is 16.8. The standard InChI is InChI=1S/C36H47N5O7/c1-4-36(3)35(48)39-28(22-24-17-19-25(20-18-24)31(44)37-26-12-7-5-8-13-26)34(47)41-21-11-15-29(41)33(46)38-27(32(45)40-36)14-9-6-10-16-30(43)23(2)42/h5,7-8,12-13,17-20,23,27-29,42H,4,6,9-11,14-16,21-22H2,1-3H3,(H,37,44)(H,38,46)(H,39,48)(H,40,45)/t23-,27+,28+,29-,36+/m1/s1. The van der Waals surface area contributed by atoms with Crippen LogP contribution in [0.5, 0.6) is 0 Å². The van der Waals surface area contributed by atoms with Crippen molar-refractivity contribution >= 4 is 41.0 Å². The number of Topliss-reactive ketones (excluding diaryl/α,β-unsaturated/α-hetero) is 1. The summed E-state index contributed by atoms with van der Waals surface area (Å²) in [6.45, 7) is 5.11. The van der Waals surface area contributed by atoms with E-state index in [2.05, 4.69) is 21.3 Å². The largest absolute Gasteiger partial charge is 0.386 e. The Kier molecular flexibility index (Phi) is 12.5. The number of para-hydroxylation sites is 1. The molecular formula is C36H47N5O7. The molecule has 5 N–H and O–H groups in total. The molecule has 48 heavy (non-hydrogen) atoms. The zero-order valence-corrected chi connectivity index (χ0v) is 27.9. The summed E-state index contributed by atoms with van der Waals surface area (Å²) in [6.07, 6.45) is 2.53. The van der Waals surface area contributed by atoms with Crippen LogP contribution in [0, 0.1) is 0 Å². The number of carbonyl (C=O) groups is 6. The van der Waals surface area contributed by atoms with E-state index in [-0.39, 0.29) is 37.4 Å². The monoisotopic (exact) mass is 661 g/mol. The summed E-state index contributed by atoms with van der Waals surface area (Å²) >= 11 is 0. The maximum Gasteiger partial charge on any atom is 0.255 e. The molecule has 0 radical (unpaired) electrons. The van der Waals surface area contributed by atoms with Crippen molar-refractivity contribution in [1.29, 1.82) is 0 Å². The molecule has 2 aromatic rings. The molecular weight excluding hydrogens is 614 g/mol. The molecule has 2 aliphatic heterocycles. The second-order valence-electron chi connectivity index (χ2n) is 12.9. The molecule has 4 rings (SSSR count). The van der Waals surface area contributed by atoms with E-state index in [9.17, 15) is 33.9 Å². The summed E-state index contributed by atoms with van der Waals surface area (Å²) in [6, 6.07) is 13.1. The average Bonchev–Trinajstić information content (AvgIpc) is 3.57. The van der Waals surface area contributed by atoms with E-state index in [1.54, 1.807) is 50.2 Å². The molecule has 0 aliphatic carbocycles. The van der Waals surface area contributed by atoms with Gasteiger partial charge in [0.15, 0.2) is 5.78 Å². The van der Waals surface area contributed by atoms with Gasteiger partial charge in [0.2, 0.25) is 23.6 Å². The molecule has 0 saturated carbocycles. The van der Waals surface area contributed by atoms with Gasteiger partial charge in [0.1, 0.15) is 29.8 Å². The Hall–Kier alpha value is -4.58. The summed E-state index contributed by atoms with van der Waals surface area (Å²) < 4.78 is 0. The van der Waals surface area contributed by atoms with Gasteiger partial charge in [0, 0.05) is 30.6 Å². The molecule has 2 heterocycles. The molecule has 2 fully saturated rings. The van der Waals surface area contributed by atoms with E-state index in [0.29, 0.717) is 55.5 Å². The Balaban J connectivity index is 1.50. The van der Waals surface area contributed by atoms with Gasteiger partial charge in [-0.25, -0.2) is 0 Å². The smallest absolute Gasteiger partial charge is 0.255 e. The topological polar surface area (TPSA) is 174 Å². The normalized spacial score (nSPS) is 23.9. The third-order valence-corrected chi connectivity index (χ3v) is 9.25. The van der Waals surface area contributed by atoms with E-state index in [4.69, 9.17) is 0 Å². The van der Waals surface area contributed by atoms with Gasteiger partial charge in [0.05, 0.1) is 0 Å². The molecule has 2 aliphatic rings. The van der Waals surface area contributed by atoms with Gasteiger partial charge < -0.3 is 31.3 Å². The number of amides is 5. The number of aliphatic hydroxyl groups excluding tert-OH is 1. The first-order chi connectivity index (χ1) is 22.9. The van der Waals surface area contributed by atoms with Crippen molar-refractivity contribution in [3.63, 3.8) is 0 Å². The van der Waals surface area contributed by atoms with Gasteiger partial charge in [-0.3, -0.25) is 28.8 Å². The van der Waals surface area contributed by atoms with E-state index in [1.807, 2.05) is 18.2 Å². The van der Waals surface area contributed by atoms with Gasteiger partial charge in [0.25, 0.3) is 5.91 Å². The lowest BCUT2D eigenvalue weighted by molar-refractivity contribution is -0.144. The Labute approximate surface area is 281 Å². The van der Waals surface area contributed by atoms with E-state index in [1.165, 1.54) is 11.8 Å². The highest BCUT2D eigenvalue weighted by Crippen LogP contribution is 2.23.